The maximum atomic E-state index is 14.1. The lowest BCUT2D eigenvalue weighted by Crippen LogP contribution is -2.65. The zero-order chi connectivity index (χ0) is 20.2. The lowest BCUT2D eigenvalue weighted by molar-refractivity contribution is 0.0435. The lowest BCUT2D eigenvalue weighted by Gasteiger charge is -2.54. The van der Waals surface area contributed by atoms with Crippen molar-refractivity contribution < 1.29 is 14.2 Å². The summed E-state index contributed by atoms with van der Waals surface area (Å²) < 4.78 is 21.7. The van der Waals surface area contributed by atoms with Crippen LogP contribution in [0.3, 0.4) is 0 Å². The number of methoxy groups -OCH3 is 1. The molecule has 0 bridgehead atoms. The van der Waals surface area contributed by atoms with E-state index in [4.69, 9.17) is 4.74 Å². The Morgan fingerprint density at radius 2 is 2.03 bits per heavy atom. The van der Waals surface area contributed by atoms with Crippen LogP contribution in [0.15, 0.2) is 42.5 Å². The van der Waals surface area contributed by atoms with Gasteiger partial charge in [0.15, 0.2) is 0 Å². The molecule has 1 saturated heterocycles. The van der Waals surface area contributed by atoms with E-state index in [-0.39, 0.29) is 23.9 Å². The van der Waals surface area contributed by atoms with Crippen molar-refractivity contribution in [2.24, 2.45) is 7.05 Å². The molecule has 1 aromatic heterocycles. The van der Waals surface area contributed by atoms with Crippen LogP contribution in [0.1, 0.15) is 22.9 Å². The van der Waals surface area contributed by atoms with Gasteiger partial charge in [0.1, 0.15) is 11.6 Å². The van der Waals surface area contributed by atoms with Gasteiger partial charge in [0.05, 0.1) is 25.3 Å². The molecule has 29 heavy (non-hydrogen) atoms. The van der Waals surface area contributed by atoms with Crippen LogP contribution in [0.25, 0.3) is 10.9 Å². The van der Waals surface area contributed by atoms with Crippen LogP contribution in [-0.2, 0) is 19.0 Å². The summed E-state index contributed by atoms with van der Waals surface area (Å²) in [4.78, 5) is 2.30. The van der Waals surface area contributed by atoms with Crippen LogP contribution in [0.4, 0.5) is 4.39 Å². The minimum Gasteiger partial charge on any atom is -0.497 e. The molecule has 5 rings (SSSR count). The molecule has 6 heteroatoms. The first kappa shape index (κ1) is 18.6. The number of hydrogen-bond acceptors (Lipinski definition) is 4. The summed E-state index contributed by atoms with van der Waals surface area (Å²) in [5.74, 6) is 0.682. The Hall–Kier alpha value is -2.41. The number of aromatic nitrogens is 1. The van der Waals surface area contributed by atoms with Crippen LogP contribution in [-0.4, -0.2) is 47.9 Å². The van der Waals surface area contributed by atoms with Crippen molar-refractivity contribution in [3.63, 3.8) is 0 Å². The van der Waals surface area contributed by atoms with Crippen LogP contribution in [0.5, 0.6) is 5.75 Å². The highest BCUT2D eigenvalue weighted by atomic mass is 19.1. The summed E-state index contributed by atoms with van der Waals surface area (Å²) in [5.41, 5.74) is 4.29. The monoisotopic (exact) mass is 395 g/mol. The molecule has 0 aliphatic carbocycles. The highest BCUT2D eigenvalue weighted by Crippen LogP contribution is 2.47. The number of benzene rings is 2. The Bertz CT molecular complexity index is 1070. The first-order valence-electron chi connectivity index (χ1n) is 10.0. The fourth-order valence-electron chi connectivity index (χ4n) is 5.24. The number of aryl methyl sites for hydroxylation is 1. The molecule has 3 heterocycles. The second-order valence-electron chi connectivity index (χ2n) is 8.34. The maximum Gasteiger partial charge on any atom is 0.127 e. The molecule has 5 nitrogen and oxygen atoms in total. The summed E-state index contributed by atoms with van der Waals surface area (Å²) in [6, 6.07) is 13.1. The number of nitrogens with one attached hydrogen (secondary N) is 1. The average Bonchev–Trinajstić information content (AvgIpc) is 3.01. The number of nitrogens with zero attached hydrogens (tertiary/aromatic N) is 2. The molecule has 2 aliphatic rings. The van der Waals surface area contributed by atoms with Crippen LogP contribution in [0, 0.1) is 5.82 Å². The molecule has 2 N–H and O–H groups in total. The summed E-state index contributed by atoms with van der Waals surface area (Å²) in [5, 5.41) is 14.7. The Morgan fingerprint density at radius 1 is 1.24 bits per heavy atom. The van der Waals surface area contributed by atoms with Crippen molar-refractivity contribution >= 4 is 10.9 Å². The Labute approximate surface area is 169 Å². The molecule has 0 saturated carbocycles. The zero-order valence-corrected chi connectivity index (χ0v) is 16.8. The molecule has 152 valence electrons. The fraction of sp³-hybridized carbons (Fsp3) is 0.391. The van der Waals surface area contributed by atoms with Gasteiger partial charge in [0.25, 0.3) is 0 Å². The van der Waals surface area contributed by atoms with Gasteiger partial charge in [0.2, 0.25) is 0 Å². The van der Waals surface area contributed by atoms with E-state index in [1.54, 1.807) is 13.2 Å². The predicted molar refractivity (Wildman–Crippen MR) is 111 cm³/mol. The summed E-state index contributed by atoms with van der Waals surface area (Å²) in [7, 11) is 3.73. The summed E-state index contributed by atoms with van der Waals surface area (Å²) in [6.07, 6.45) is 0. The number of halogens is 1. The molecule has 1 spiro atoms. The third kappa shape index (κ3) is 2.78. The molecule has 0 amide bonds. The minimum absolute atomic E-state index is 0.0274. The molecule has 1 atom stereocenters. The van der Waals surface area contributed by atoms with Crippen LogP contribution < -0.4 is 10.1 Å². The van der Waals surface area contributed by atoms with Crippen molar-refractivity contribution in [3.05, 3.63) is 65.1 Å². The molecule has 3 aromatic rings. The van der Waals surface area contributed by atoms with Crippen molar-refractivity contribution in [2.75, 3.05) is 33.4 Å². The Morgan fingerprint density at radius 3 is 2.76 bits per heavy atom. The van der Waals surface area contributed by atoms with Crippen molar-refractivity contribution in [2.45, 2.75) is 18.0 Å². The predicted octanol–water partition coefficient (Wildman–Crippen LogP) is 2.72. The van der Waals surface area contributed by atoms with Crippen LogP contribution in [0.2, 0.25) is 0 Å². The van der Waals surface area contributed by atoms with E-state index >= 15 is 0 Å². The zero-order valence-electron chi connectivity index (χ0n) is 16.8. The normalized spacial score (nSPS) is 20.6. The van der Waals surface area contributed by atoms with E-state index in [0.717, 1.165) is 42.2 Å². The highest BCUT2D eigenvalue weighted by Gasteiger charge is 2.50. The number of aliphatic hydroxyl groups excluding tert-OH is 1. The van der Waals surface area contributed by atoms with E-state index in [1.807, 2.05) is 18.2 Å². The van der Waals surface area contributed by atoms with E-state index < -0.39 is 0 Å². The van der Waals surface area contributed by atoms with Gasteiger partial charge in [-0.25, -0.2) is 4.39 Å². The largest absolute Gasteiger partial charge is 0.497 e. The van der Waals surface area contributed by atoms with Crippen molar-refractivity contribution in [1.29, 1.82) is 0 Å². The summed E-state index contributed by atoms with van der Waals surface area (Å²) >= 11 is 0. The van der Waals surface area contributed by atoms with Gasteiger partial charge in [-0.05, 0) is 23.8 Å². The number of aliphatic hydroxyl groups is 1. The summed E-state index contributed by atoms with van der Waals surface area (Å²) in [6.45, 7) is 3.22. The average molecular weight is 395 g/mol. The highest BCUT2D eigenvalue weighted by molar-refractivity contribution is 5.89. The first-order valence-corrected chi connectivity index (χ1v) is 10.0. The molecular formula is C23H26FN3O2. The third-order valence-corrected chi connectivity index (χ3v) is 6.59. The second kappa shape index (κ2) is 6.83. The first-order chi connectivity index (χ1) is 14.1. The number of fused-ring (bicyclic) bond motifs is 4. The van der Waals surface area contributed by atoms with Gasteiger partial charge in [-0.3, -0.25) is 4.90 Å². The third-order valence-electron chi connectivity index (χ3n) is 6.59. The molecular weight excluding hydrogens is 369 g/mol. The fourth-order valence-corrected chi connectivity index (χ4v) is 5.24. The van der Waals surface area contributed by atoms with Crippen LogP contribution >= 0.6 is 0 Å². The number of rotatable bonds is 4. The number of ether oxygens (including phenoxy) is 1. The SMILES string of the molecule is COc1ccc2c3c(n(C)c2c1)[C@@H](CO)NCC31CN(Cc2ccccc2F)C1. The standard InChI is InChI=1S/C23H26FN3O2/c1-26-20-9-16(29-2)7-8-17(20)21-22(26)19(11-28)25-12-23(21)13-27(14-23)10-15-5-3-4-6-18(15)24/h3-9,19,25,28H,10-14H2,1-2H3/t19-/m1/s1. The van der Waals surface area contributed by atoms with E-state index in [1.165, 1.54) is 17.0 Å². The van der Waals surface area contributed by atoms with Crippen molar-refractivity contribution in [3.8, 4) is 5.75 Å². The minimum atomic E-state index is -0.145. The quantitative estimate of drug-likeness (QED) is 0.713. The van der Waals surface area contributed by atoms with Gasteiger partial charge in [-0.15, -0.1) is 0 Å². The Kier molecular flexibility index (Phi) is 4.38. The smallest absolute Gasteiger partial charge is 0.127 e. The molecule has 2 aromatic carbocycles. The van der Waals surface area contributed by atoms with Crippen molar-refractivity contribution in [1.82, 2.24) is 14.8 Å². The number of hydrogen-bond donors (Lipinski definition) is 2. The molecule has 2 aliphatic heterocycles. The molecule has 1 fully saturated rings. The van der Waals surface area contributed by atoms with E-state index in [2.05, 4.69) is 34.0 Å². The molecule has 0 radical (unpaired) electrons. The van der Waals surface area contributed by atoms with E-state index in [0.29, 0.717) is 6.54 Å². The van der Waals surface area contributed by atoms with E-state index in [9.17, 15) is 9.50 Å². The maximum absolute atomic E-state index is 14.1. The van der Waals surface area contributed by atoms with Gasteiger partial charge in [-0.1, -0.05) is 18.2 Å². The topological polar surface area (TPSA) is 49.7 Å². The molecule has 0 unspecified atom stereocenters. The van der Waals surface area contributed by atoms with Gasteiger partial charge < -0.3 is 19.7 Å². The Balaban J connectivity index is 1.53. The lowest BCUT2D eigenvalue weighted by atomic mass is 9.69. The second-order valence-corrected chi connectivity index (χ2v) is 8.34. The van der Waals surface area contributed by atoms with Gasteiger partial charge in [0, 0.05) is 61.4 Å². The number of likely N-dealkylation sites (tertiary alicyclic amines) is 1. The van der Waals surface area contributed by atoms with Gasteiger partial charge >= 0.3 is 0 Å². The van der Waals surface area contributed by atoms with Gasteiger partial charge in [-0.2, -0.15) is 0 Å².